The van der Waals surface area contributed by atoms with Crippen molar-refractivity contribution in [3.05, 3.63) is 95.6 Å². The molecule has 0 saturated carbocycles. The van der Waals surface area contributed by atoms with Gasteiger partial charge in [0.1, 0.15) is 0 Å². The van der Waals surface area contributed by atoms with E-state index in [4.69, 9.17) is 4.99 Å². The van der Waals surface area contributed by atoms with Gasteiger partial charge < -0.3 is 4.90 Å². The Labute approximate surface area is 160 Å². The summed E-state index contributed by atoms with van der Waals surface area (Å²) in [6.07, 6.45) is 0.705. The Hall–Kier alpha value is -3.20. The summed E-state index contributed by atoms with van der Waals surface area (Å²) in [6.45, 7) is 4.17. The first kappa shape index (κ1) is 17.2. The lowest BCUT2D eigenvalue weighted by Gasteiger charge is -2.28. The molecule has 0 radical (unpaired) electrons. The van der Waals surface area contributed by atoms with E-state index in [2.05, 4.69) is 38.1 Å². The number of benzene rings is 3. The zero-order chi connectivity index (χ0) is 18.8. The smallest absolute Gasteiger partial charge is 0.258 e. The van der Waals surface area contributed by atoms with Crippen LogP contribution < -0.4 is 4.90 Å². The van der Waals surface area contributed by atoms with Crippen LogP contribution in [0.3, 0.4) is 0 Å². The van der Waals surface area contributed by atoms with Gasteiger partial charge in [-0.1, -0.05) is 60.2 Å². The topological polar surface area (TPSA) is 32.7 Å². The van der Waals surface area contributed by atoms with E-state index in [0.29, 0.717) is 12.0 Å². The third-order valence-corrected chi connectivity index (χ3v) is 4.95. The monoisotopic (exact) mass is 354 g/mol. The van der Waals surface area contributed by atoms with E-state index in [1.54, 1.807) is 0 Å². The number of aryl methyl sites for hydroxylation is 1. The van der Waals surface area contributed by atoms with Crippen molar-refractivity contribution in [3.63, 3.8) is 0 Å². The van der Waals surface area contributed by atoms with Crippen molar-refractivity contribution in [2.75, 3.05) is 4.90 Å². The number of anilines is 1. The number of carbonyl (C=O) groups is 1. The van der Waals surface area contributed by atoms with Gasteiger partial charge in [0.05, 0.1) is 17.1 Å². The summed E-state index contributed by atoms with van der Waals surface area (Å²) in [6, 6.07) is 25.8. The molecule has 3 nitrogen and oxygen atoms in total. The molecule has 4 rings (SSSR count). The van der Waals surface area contributed by atoms with Crippen LogP contribution in [0.5, 0.6) is 0 Å². The van der Waals surface area contributed by atoms with E-state index in [-0.39, 0.29) is 11.9 Å². The summed E-state index contributed by atoms with van der Waals surface area (Å²) in [7, 11) is 0. The standard InChI is InChI=1S/C24H22N2O/c1-17-12-14-19(15-13-17)22-16-18(2)26(23-11-7-6-10-21(23)25-22)24(27)20-8-4-3-5-9-20/h3-15,18H,16H2,1-2H3/t18-/m0/s1. The van der Waals surface area contributed by atoms with Crippen molar-refractivity contribution >= 4 is 23.0 Å². The summed E-state index contributed by atoms with van der Waals surface area (Å²) in [5.41, 5.74) is 5.73. The first-order chi connectivity index (χ1) is 13.1. The van der Waals surface area contributed by atoms with E-state index >= 15 is 0 Å². The van der Waals surface area contributed by atoms with E-state index < -0.39 is 0 Å². The summed E-state index contributed by atoms with van der Waals surface area (Å²) >= 11 is 0. The Bertz CT molecular complexity index is 990. The van der Waals surface area contributed by atoms with Crippen LogP contribution in [0.4, 0.5) is 11.4 Å². The molecule has 0 bridgehead atoms. The maximum Gasteiger partial charge on any atom is 0.258 e. The zero-order valence-electron chi connectivity index (χ0n) is 15.6. The van der Waals surface area contributed by atoms with Gasteiger partial charge in [-0.3, -0.25) is 9.79 Å². The van der Waals surface area contributed by atoms with Gasteiger partial charge >= 0.3 is 0 Å². The maximum absolute atomic E-state index is 13.3. The van der Waals surface area contributed by atoms with Crippen LogP contribution in [-0.2, 0) is 0 Å². The molecule has 27 heavy (non-hydrogen) atoms. The van der Waals surface area contributed by atoms with Crippen LogP contribution in [0.25, 0.3) is 0 Å². The minimum Gasteiger partial charge on any atom is -0.303 e. The third kappa shape index (κ3) is 3.41. The molecular weight excluding hydrogens is 332 g/mol. The van der Waals surface area contributed by atoms with Crippen molar-refractivity contribution in [1.82, 2.24) is 0 Å². The molecular formula is C24H22N2O. The van der Waals surface area contributed by atoms with Gasteiger partial charge in [0.2, 0.25) is 0 Å². The van der Waals surface area contributed by atoms with Gasteiger partial charge in [0, 0.05) is 18.0 Å². The molecule has 0 aromatic heterocycles. The predicted octanol–water partition coefficient (Wildman–Crippen LogP) is 5.55. The van der Waals surface area contributed by atoms with E-state index in [1.165, 1.54) is 5.56 Å². The van der Waals surface area contributed by atoms with Crippen molar-refractivity contribution in [2.24, 2.45) is 4.99 Å². The molecule has 3 aromatic carbocycles. The van der Waals surface area contributed by atoms with Gasteiger partial charge in [-0.25, -0.2) is 0 Å². The van der Waals surface area contributed by atoms with Crippen LogP contribution in [0.15, 0.2) is 83.9 Å². The Kier molecular flexibility index (Phi) is 4.59. The highest BCUT2D eigenvalue weighted by atomic mass is 16.2. The Morgan fingerprint density at radius 1 is 0.926 bits per heavy atom. The number of rotatable bonds is 2. The fraction of sp³-hybridized carbons (Fsp3) is 0.167. The largest absolute Gasteiger partial charge is 0.303 e. The molecule has 134 valence electrons. The van der Waals surface area contributed by atoms with Crippen LogP contribution in [0, 0.1) is 6.92 Å². The summed E-state index contributed by atoms with van der Waals surface area (Å²) in [5.74, 6) is 0.0101. The van der Waals surface area contributed by atoms with Crippen LogP contribution >= 0.6 is 0 Å². The number of hydrogen-bond donors (Lipinski definition) is 0. The maximum atomic E-state index is 13.3. The Balaban J connectivity index is 1.78. The summed E-state index contributed by atoms with van der Waals surface area (Å²) < 4.78 is 0. The molecule has 0 N–H and O–H groups in total. The predicted molar refractivity (Wildman–Crippen MR) is 111 cm³/mol. The number of aliphatic imine (C=N–C) groups is 1. The summed E-state index contributed by atoms with van der Waals surface area (Å²) in [4.78, 5) is 20.1. The SMILES string of the molecule is Cc1ccc(C2=Nc3ccccc3N(C(=O)c3ccccc3)[C@@H](C)C2)cc1. The first-order valence-corrected chi connectivity index (χ1v) is 9.26. The number of hydrogen-bond acceptors (Lipinski definition) is 2. The molecule has 3 aromatic rings. The number of carbonyl (C=O) groups excluding carboxylic acids is 1. The molecule has 1 aliphatic rings. The average Bonchev–Trinajstić information content (AvgIpc) is 2.84. The van der Waals surface area contributed by atoms with Crippen LogP contribution in [0.2, 0.25) is 0 Å². The lowest BCUT2D eigenvalue weighted by atomic mass is 10.0. The highest BCUT2D eigenvalue weighted by molar-refractivity contribution is 6.11. The molecule has 1 amide bonds. The van der Waals surface area contributed by atoms with Gasteiger partial charge in [-0.05, 0) is 43.7 Å². The molecule has 1 aliphatic heterocycles. The lowest BCUT2D eigenvalue weighted by molar-refractivity contribution is 0.0979. The molecule has 1 atom stereocenters. The van der Waals surface area contributed by atoms with Crippen molar-refractivity contribution in [1.29, 1.82) is 0 Å². The second-order valence-electron chi connectivity index (χ2n) is 7.01. The highest BCUT2D eigenvalue weighted by Crippen LogP contribution is 2.35. The zero-order valence-corrected chi connectivity index (χ0v) is 15.6. The first-order valence-electron chi connectivity index (χ1n) is 9.26. The van der Waals surface area contributed by atoms with Crippen molar-refractivity contribution in [3.8, 4) is 0 Å². The number of nitrogens with zero attached hydrogens (tertiary/aromatic N) is 2. The molecule has 0 spiro atoms. The normalized spacial score (nSPS) is 16.3. The summed E-state index contributed by atoms with van der Waals surface area (Å²) in [5, 5.41) is 0. The van der Waals surface area contributed by atoms with Gasteiger partial charge in [0.25, 0.3) is 5.91 Å². The molecule has 0 fully saturated rings. The Morgan fingerprint density at radius 2 is 1.59 bits per heavy atom. The van der Waals surface area contributed by atoms with Gasteiger partial charge in [0.15, 0.2) is 0 Å². The molecule has 0 saturated heterocycles. The molecule has 1 heterocycles. The van der Waals surface area contributed by atoms with Crippen molar-refractivity contribution < 1.29 is 4.79 Å². The second kappa shape index (κ2) is 7.20. The van der Waals surface area contributed by atoms with E-state index in [9.17, 15) is 4.79 Å². The van der Waals surface area contributed by atoms with E-state index in [0.717, 1.165) is 22.6 Å². The van der Waals surface area contributed by atoms with Gasteiger partial charge in [-0.15, -0.1) is 0 Å². The number of para-hydroxylation sites is 2. The van der Waals surface area contributed by atoms with Crippen LogP contribution in [-0.4, -0.2) is 17.7 Å². The fourth-order valence-corrected chi connectivity index (χ4v) is 3.52. The highest BCUT2D eigenvalue weighted by Gasteiger charge is 2.29. The minimum atomic E-state index is 0.00130. The second-order valence-corrected chi connectivity index (χ2v) is 7.01. The minimum absolute atomic E-state index is 0.00130. The molecule has 0 aliphatic carbocycles. The molecule has 0 unspecified atom stereocenters. The average molecular weight is 354 g/mol. The van der Waals surface area contributed by atoms with Crippen molar-refractivity contribution in [2.45, 2.75) is 26.3 Å². The fourth-order valence-electron chi connectivity index (χ4n) is 3.52. The van der Waals surface area contributed by atoms with Crippen LogP contribution in [0.1, 0.15) is 34.8 Å². The van der Waals surface area contributed by atoms with E-state index in [1.807, 2.05) is 59.5 Å². The third-order valence-electron chi connectivity index (χ3n) is 4.95. The quantitative estimate of drug-likeness (QED) is 0.593. The van der Waals surface area contributed by atoms with Gasteiger partial charge in [-0.2, -0.15) is 0 Å². The lowest BCUT2D eigenvalue weighted by Crippen LogP contribution is -2.39. The Morgan fingerprint density at radius 3 is 2.33 bits per heavy atom. The number of amides is 1. The number of fused-ring (bicyclic) bond motifs is 1. The molecule has 3 heteroatoms.